The van der Waals surface area contributed by atoms with E-state index >= 15 is 0 Å². The predicted octanol–water partition coefficient (Wildman–Crippen LogP) is 2.57. The molecule has 5 nitrogen and oxygen atoms in total. The smallest absolute Gasteiger partial charge is 0.189 e. The Morgan fingerprint density at radius 2 is 2.27 bits per heavy atom. The highest BCUT2D eigenvalue weighted by Gasteiger charge is 2.48. The number of methoxy groups -OCH3 is 1. The first-order valence-corrected chi connectivity index (χ1v) is 7.43. The van der Waals surface area contributed by atoms with Crippen molar-refractivity contribution in [2.75, 3.05) is 13.9 Å². The first kappa shape index (κ1) is 14.9. The summed E-state index contributed by atoms with van der Waals surface area (Å²) in [6.07, 6.45) is 3.40. The third kappa shape index (κ3) is 2.46. The first-order chi connectivity index (χ1) is 10.5. The van der Waals surface area contributed by atoms with Gasteiger partial charge in [0.2, 0.25) is 0 Å². The quantitative estimate of drug-likeness (QED) is 0.926. The van der Waals surface area contributed by atoms with Crippen molar-refractivity contribution in [3.8, 4) is 11.5 Å². The van der Waals surface area contributed by atoms with E-state index in [1.54, 1.807) is 18.2 Å². The van der Waals surface area contributed by atoms with E-state index in [0.717, 1.165) is 5.56 Å². The van der Waals surface area contributed by atoms with E-state index in [-0.39, 0.29) is 24.2 Å². The van der Waals surface area contributed by atoms with Crippen molar-refractivity contribution in [1.82, 2.24) is 0 Å². The van der Waals surface area contributed by atoms with Crippen molar-refractivity contribution in [1.29, 1.82) is 0 Å². The molecule has 22 heavy (non-hydrogen) atoms. The molecule has 1 aromatic rings. The summed E-state index contributed by atoms with van der Waals surface area (Å²) in [5, 5.41) is 9.90. The number of carbonyl (C=O) groups excluding carboxylic acids is 1. The molecule has 0 aromatic heterocycles. The van der Waals surface area contributed by atoms with Gasteiger partial charge in [-0.2, -0.15) is 0 Å². The van der Waals surface area contributed by atoms with E-state index in [4.69, 9.17) is 14.2 Å². The van der Waals surface area contributed by atoms with E-state index in [0.29, 0.717) is 30.8 Å². The molecule has 118 valence electrons. The molecule has 1 heterocycles. The molecule has 0 saturated carbocycles. The lowest BCUT2D eigenvalue weighted by Gasteiger charge is -2.35. The summed E-state index contributed by atoms with van der Waals surface area (Å²) >= 11 is 0. The average molecular weight is 304 g/mol. The Balaban J connectivity index is 1.82. The Bertz CT molecular complexity index is 621. The Kier molecular flexibility index (Phi) is 3.83. The van der Waals surface area contributed by atoms with Gasteiger partial charge in [0.15, 0.2) is 24.1 Å². The lowest BCUT2D eigenvalue weighted by molar-refractivity contribution is -0.117. The number of hydrogen-bond acceptors (Lipinski definition) is 5. The molecule has 0 amide bonds. The third-order valence-electron chi connectivity index (χ3n) is 4.56. The van der Waals surface area contributed by atoms with Gasteiger partial charge >= 0.3 is 0 Å². The molecule has 1 fully saturated rings. The third-order valence-corrected chi connectivity index (χ3v) is 4.56. The monoisotopic (exact) mass is 304 g/mol. The Morgan fingerprint density at radius 1 is 1.45 bits per heavy atom. The number of hydrogen-bond donors (Lipinski definition) is 1. The topological polar surface area (TPSA) is 65.0 Å². The zero-order valence-electron chi connectivity index (χ0n) is 12.8. The minimum atomic E-state index is -0.524. The van der Waals surface area contributed by atoms with E-state index in [9.17, 15) is 9.90 Å². The lowest BCUT2D eigenvalue weighted by atomic mass is 9.76. The number of aromatic hydroxyl groups is 1. The molecule has 0 spiro atoms. The van der Waals surface area contributed by atoms with Crippen LogP contribution in [0, 0.1) is 5.92 Å². The Morgan fingerprint density at radius 3 is 3.00 bits per heavy atom. The number of phenolic OH excluding ortho intramolecular Hbond substituents is 1. The van der Waals surface area contributed by atoms with E-state index in [1.165, 1.54) is 7.11 Å². The molecule has 0 unspecified atom stereocenters. The van der Waals surface area contributed by atoms with Crippen molar-refractivity contribution in [3.63, 3.8) is 0 Å². The standard InChI is InChI=1S/C17H20O5/c1-11(7-12-3-4-15(20-2)14(19)8-12)17-6-5-13(18)9-16(17)21-10-22-17/h3-4,8-9,11,19H,5-7,10H2,1-2H3/t11-,17+/m0/s1. The molecule has 1 saturated heterocycles. The van der Waals surface area contributed by atoms with Gasteiger partial charge in [0.1, 0.15) is 11.4 Å². The molecule has 0 radical (unpaired) electrons. The summed E-state index contributed by atoms with van der Waals surface area (Å²) in [5.41, 5.74) is 0.468. The van der Waals surface area contributed by atoms with Crippen molar-refractivity contribution in [2.45, 2.75) is 31.8 Å². The van der Waals surface area contributed by atoms with E-state index in [2.05, 4.69) is 6.92 Å². The summed E-state index contributed by atoms with van der Waals surface area (Å²) in [4.78, 5) is 11.6. The maximum Gasteiger partial charge on any atom is 0.189 e. The second-order valence-corrected chi connectivity index (χ2v) is 5.88. The maximum atomic E-state index is 11.6. The summed E-state index contributed by atoms with van der Waals surface area (Å²) in [7, 11) is 1.52. The van der Waals surface area contributed by atoms with Crippen LogP contribution in [0.15, 0.2) is 30.0 Å². The summed E-state index contributed by atoms with van der Waals surface area (Å²) in [5.74, 6) is 1.45. The minimum Gasteiger partial charge on any atom is -0.504 e. The van der Waals surface area contributed by atoms with Gasteiger partial charge in [-0.1, -0.05) is 13.0 Å². The predicted molar refractivity (Wildman–Crippen MR) is 79.6 cm³/mol. The highest BCUT2D eigenvalue weighted by atomic mass is 16.7. The van der Waals surface area contributed by atoms with Crippen molar-refractivity contribution in [3.05, 3.63) is 35.6 Å². The van der Waals surface area contributed by atoms with Gasteiger partial charge in [-0.25, -0.2) is 0 Å². The van der Waals surface area contributed by atoms with Gasteiger partial charge in [-0.3, -0.25) is 4.79 Å². The first-order valence-electron chi connectivity index (χ1n) is 7.43. The van der Waals surface area contributed by atoms with Gasteiger partial charge in [0, 0.05) is 12.5 Å². The molecule has 2 atom stereocenters. The fraction of sp³-hybridized carbons (Fsp3) is 0.471. The molecule has 3 rings (SSSR count). The molecular formula is C17H20O5. The largest absolute Gasteiger partial charge is 0.504 e. The van der Waals surface area contributed by atoms with Crippen LogP contribution in [0.4, 0.5) is 0 Å². The number of carbonyl (C=O) groups is 1. The van der Waals surface area contributed by atoms with E-state index < -0.39 is 5.60 Å². The van der Waals surface area contributed by atoms with Crippen LogP contribution in [0.1, 0.15) is 25.3 Å². The zero-order valence-corrected chi connectivity index (χ0v) is 12.8. The number of ketones is 1. The second kappa shape index (κ2) is 5.65. The Labute approximate surface area is 129 Å². The van der Waals surface area contributed by atoms with Crippen molar-refractivity contribution < 1.29 is 24.1 Å². The SMILES string of the molecule is COc1ccc(C[C@H](C)[C@]23CCC(=O)C=C2OCO3)cc1O. The number of phenols is 1. The lowest BCUT2D eigenvalue weighted by Crippen LogP contribution is -2.41. The normalized spacial score (nSPS) is 25.2. The molecular weight excluding hydrogens is 284 g/mol. The van der Waals surface area contributed by atoms with Crippen LogP contribution in [0.25, 0.3) is 0 Å². The van der Waals surface area contributed by atoms with Crippen LogP contribution in [0.3, 0.4) is 0 Å². The van der Waals surface area contributed by atoms with Crippen LogP contribution in [0.5, 0.6) is 11.5 Å². The van der Waals surface area contributed by atoms with Crippen LogP contribution in [-0.2, 0) is 20.7 Å². The van der Waals surface area contributed by atoms with Gasteiger partial charge in [-0.15, -0.1) is 0 Å². The fourth-order valence-corrected chi connectivity index (χ4v) is 3.29. The summed E-state index contributed by atoms with van der Waals surface area (Å²) in [6, 6.07) is 5.39. The van der Waals surface area contributed by atoms with Gasteiger partial charge in [0.05, 0.1) is 7.11 Å². The summed E-state index contributed by atoms with van der Waals surface area (Å²) in [6.45, 7) is 2.27. The number of fused-ring (bicyclic) bond motifs is 1. The van der Waals surface area contributed by atoms with Gasteiger partial charge in [0.25, 0.3) is 0 Å². The zero-order chi connectivity index (χ0) is 15.7. The van der Waals surface area contributed by atoms with Gasteiger partial charge < -0.3 is 19.3 Å². The van der Waals surface area contributed by atoms with Crippen LogP contribution in [-0.4, -0.2) is 30.4 Å². The van der Waals surface area contributed by atoms with Crippen LogP contribution < -0.4 is 4.74 Å². The Hall–Kier alpha value is -2.01. The minimum absolute atomic E-state index is 0.0883. The molecule has 1 N–H and O–H groups in total. The molecule has 2 aliphatic rings. The van der Waals surface area contributed by atoms with Crippen molar-refractivity contribution >= 4 is 5.78 Å². The van der Waals surface area contributed by atoms with Gasteiger partial charge in [-0.05, 0) is 36.5 Å². The number of allylic oxidation sites excluding steroid dienone is 1. The molecule has 0 bridgehead atoms. The molecule has 1 aliphatic heterocycles. The number of rotatable bonds is 4. The average Bonchev–Trinajstić information content (AvgIpc) is 2.91. The number of ether oxygens (including phenoxy) is 3. The highest BCUT2D eigenvalue weighted by molar-refractivity contribution is 5.91. The molecule has 5 heteroatoms. The van der Waals surface area contributed by atoms with E-state index in [1.807, 2.05) is 6.07 Å². The van der Waals surface area contributed by atoms with Crippen LogP contribution in [0.2, 0.25) is 0 Å². The number of benzene rings is 1. The second-order valence-electron chi connectivity index (χ2n) is 5.88. The highest BCUT2D eigenvalue weighted by Crippen LogP contribution is 2.44. The molecule has 1 aromatic carbocycles. The summed E-state index contributed by atoms with van der Waals surface area (Å²) < 4.78 is 16.4. The molecule has 1 aliphatic carbocycles. The maximum absolute atomic E-state index is 11.6. The van der Waals surface area contributed by atoms with Crippen LogP contribution >= 0.6 is 0 Å². The fourth-order valence-electron chi connectivity index (χ4n) is 3.29. The van der Waals surface area contributed by atoms with Crippen molar-refractivity contribution in [2.24, 2.45) is 5.92 Å².